The van der Waals surface area contributed by atoms with Gasteiger partial charge >= 0.3 is 17.8 Å². The number of carbonyl (C=O) groups excluding carboxylic acids is 2. The highest BCUT2D eigenvalue weighted by Crippen LogP contribution is 2.34. The normalized spacial score (nSPS) is 13.6. The number of aryl methyl sites for hydroxylation is 1. The van der Waals surface area contributed by atoms with E-state index in [1.165, 1.54) is 13.0 Å². The first kappa shape index (κ1) is 20.2. The molecule has 0 saturated carbocycles. The minimum atomic E-state index is -1.52. The van der Waals surface area contributed by atoms with Crippen LogP contribution in [0.4, 0.5) is 11.4 Å². The van der Waals surface area contributed by atoms with E-state index in [0.717, 1.165) is 41.6 Å². The molecule has 2 aromatic rings. The Morgan fingerprint density at radius 2 is 1.86 bits per heavy atom. The highest BCUT2D eigenvalue weighted by Gasteiger charge is 2.25. The van der Waals surface area contributed by atoms with E-state index in [4.69, 9.17) is 10.5 Å². The summed E-state index contributed by atoms with van der Waals surface area (Å²) in [5.41, 5.74) is 2.70. The molecule has 0 saturated heterocycles. The number of aliphatic carboxylic acids is 1. The van der Waals surface area contributed by atoms with Gasteiger partial charge < -0.3 is 10.0 Å². The Bertz CT molecular complexity index is 1010. The van der Waals surface area contributed by atoms with E-state index in [1.807, 2.05) is 42.5 Å². The monoisotopic (exact) mass is 392 g/mol. The zero-order valence-corrected chi connectivity index (χ0v) is 16.0. The largest absolute Gasteiger partial charge is 0.477 e. The number of anilines is 2. The number of hydrogen-bond donors (Lipinski definition) is 3. The van der Waals surface area contributed by atoms with Crippen LogP contribution in [0, 0.1) is 5.41 Å². The number of hydrogen-bond acceptors (Lipinski definition) is 5. The number of nitrogens with one attached hydrogen (secondary N) is 1. The number of nitrogens with zero attached hydrogens (tertiary/aromatic N) is 1. The molecule has 0 fully saturated rings. The number of rotatable bonds is 5. The summed E-state index contributed by atoms with van der Waals surface area (Å²) in [4.78, 5) is 37.0. The van der Waals surface area contributed by atoms with Gasteiger partial charge in [-0.1, -0.05) is 24.3 Å². The number of imide groups is 1. The summed E-state index contributed by atoms with van der Waals surface area (Å²) in [6, 6.07) is 15.7. The predicted octanol–water partition coefficient (Wildman–Crippen LogP) is 1.90. The second-order valence-corrected chi connectivity index (χ2v) is 6.84. The average Bonchev–Trinajstić information content (AvgIpc) is 2.70. The Labute approximate surface area is 168 Å². The van der Waals surface area contributed by atoms with Crippen LogP contribution in [-0.4, -0.2) is 35.1 Å². The third kappa shape index (κ3) is 4.64. The average molecular weight is 392 g/mol. The van der Waals surface area contributed by atoms with E-state index in [9.17, 15) is 14.4 Å². The fourth-order valence-electron chi connectivity index (χ4n) is 3.39. The minimum absolute atomic E-state index is 0.316. The number of carboxylic acids is 1. The van der Waals surface area contributed by atoms with Gasteiger partial charge in [-0.3, -0.25) is 5.41 Å². The van der Waals surface area contributed by atoms with E-state index >= 15 is 0 Å². The summed E-state index contributed by atoms with van der Waals surface area (Å²) in [7, 11) is 0. The van der Waals surface area contributed by atoms with Crippen LogP contribution in [0.25, 0.3) is 6.08 Å². The van der Waals surface area contributed by atoms with Crippen LogP contribution in [0.3, 0.4) is 0 Å². The molecule has 2 aromatic carbocycles. The van der Waals surface area contributed by atoms with Crippen molar-refractivity contribution in [1.82, 2.24) is 0 Å². The molecule has 29 heavy (non-hydrogen) atoms. The summed E-state index contributed by atoms with van der Waals surface area (Å²) in [5.74, 6) is -2.80. The molecule has 1 aliphatic heterocycles. The number of nitrogens with two attached hydrogens (primary N) is 1. The number of primary amides is 2. The summed E-state index contributed by atoms with van der Waals surface area (Å²) >= 11 is 0. The Balaban J connectivity index is 1.98. The van der Waals surface area contributed by atoms with Gasteiger partial charge in [0.2, 0.25) is 0 Å². The Morgan fingerprint density at radius 3 is 2.52 bits per heavy atom. The molecule has 4 N–H and O–H groups in total. The number of para-hydroxylation sites is 1. The van der Waals surface area contributed by atoms with Gasteiger partial charge in [-0.25, -0.2) is 19.7 Å². The smallest absolute Gasteiger partial charge is 0.354 e. The van der Waals surface area contributed by atoms with Crippen LogP contribution in [0.5, 0.6) is 0 Å². The number of quaternary nitrogens is 1. The molecule has 148 valence electrons. The fourth-order valence-corrected chi connectivity index (χ4v) is 3.39. The highest BCUT2D eigenvalue weighted by molar-refractivity contribution is 6.48. The number of amides is 2. The first-order chi connectivity index (χ1) is 13.9. The number of carbonyl (C=O) groups is 3. The lowest BCUT2D eigenvalue weighted by molar-refractivity contribution is -0.481. The van der Waals surface area contributed by atoms with E-state index in [2.05, 4.69) is 4.90 Å². The summed E-state index contributed by atoms with van der Waals surface area (Å²) in [6.45, 7) is 2.10. The Morgan fingerprint density at radius 1 is 1.14 bits per heavy atom. The summed E-state index contributed by atoms with van der Waals surface area (Å²) < 4.78 is 0. The molecule has 2 amide bonds. The third-order valence-corrected chi connectivity index (χ3v) is 4.68. The predicted molar refractivity (Wildman–Crippen MR) is 109 cm³/mol. The van der Waals surface area contributed by atoms with E-state index in [-0.39, 0.29) is 5.57 Å². The lowest BCUT2D eigenvalue weighted by Gasteiger charge is -2.31. The van der Waals surface area contributed by atoms with Crippen LogP contribution in [-0.2, 0) is 20.8 Å². The number of fused-ring (bicyclic) bond motifs is 1. The van der Waals surface area contributed by atoms with Crippen LogP contribution in [0.2, 0.25) is 0 Å². The van der Waals surface area contributed by atoms with E-state index in [1.54, 1.807) is 6.07 Å². The maximum absolute atomic E-state index is 12.3. The van der Waals surface area contributed by atoms with Crippen molar-refractivity contribution in [3.05, 3.63) is 65.2 Å². The van der Waals surface area contributed by atoms with Gasteiger partial charge in [0.15, 0.2) is 5.71 Å². The van der Waals surface area contributed by atoms with Crippen LogP contribution < -0.4 is 10.2 Å². The van der Waals surface area contributed by atoms with Crippen molar-refractivity contribution in [2.45, 2.75) is 19.8 Å². The van der Waals surface area contributed by atoms with Crippen molar-refractivity contribution in [3.63, 3.8) is 0 Å². The lowest BCUT2D eigenvalue weighted by atomic mass is 9.97. The Kier molecular flexibility index (Phi) is 5.99. The van der Waals surface area contributed by atoms with Gasteiger partial charge in [0, 0.05) is 17.9 Å². The zero-order valence-electron chi connectivity index (χ0n) is 16.0. The summed E-state index contributed by atoms with van der Waals surface area (Å²) in [5, 5.41) is 17.7. The first-order valence-electron chi connectivity index (χ1n) is 9.26. The van der Waals surface area contributed by atoms with Gasteiger partial charge in [0.25, 0.3) is 0 Å². The van der Waals surface area contributed by atoms with Crippen molar-refractivity contribution in [3.8, 4) is 0 Å². The zero-order chi connectivity index (χ0) is 21.0. The SMILES string of the molecule is CC(=O)[NH2+]C(=O)/C(=C\c1ccc2c(c1)CCCN2c1ccccc1)C(=N)C(=O)O. The standard InChI is InChI=1S/C22H21N3O4/c1-14(26)24-21(27)18(20(23)22(28)29)13-15-9-10-19-16(12-15)6-5-11-25(19)17-7-3-2-4-8-17/h2-4,7-10,12-13,23H,5-6,11H2,1H3,(H,28,29)(H,24,26,27)/p+1/b18-13-,23-20?. The topological polar surface area (TPSA) is 115 Å². The third-order valence-electron chi connectivity index (χ3n) is 4.68. The highest BCUT2D eigenvalue weighted by atomic mass is 16.4. The molecule has 3 rings (SSSR count). The van der Waals surface area contributed by atoms with Gasteiger partial charge in [-0.15, -0.1) is 0 Å². The quantitative estimate of drug-likeness (QED) is 0.531. The molecule has 0 atom stereocenters. The molecule has 7 nitrogen and oxygen atoms in total. The molecule has 0 aromatic heterocycles. The van der Waals surface area contributed by atoms with Crippen molar-refractivity contribution in [1.29, 1.82) is 5.41 Å². The molecule has 1 aliphatic rings. The van der Waals surface area contributed by atoms with Gasteiger partial charge in [0.1, 0.15) is 5.57 Å². The van der Waals surface area contributed by atoms with Gasteiger partial charge in [0.05, 0.1) is 6.92 Å². The molecule has 7 heteroatoms. The molecule has 0 bridgehead atoms. The van der Waals surface area contributed by atoms with Crippen LogP contribution in [0.15, 0.2) is 54.1 Å². The van der Waals surface area contributed by atoms with Crippen molar-refractivity contribution < 1.29 is 24.8 Å². The summed E-state index contributed by atoms with van der Waals surface area (Å²) in [6.07, 6.45) is 3.18. The number of carboxylic acid groups (broad SMARTS) is 1. The Hall–Kier alpha value is -3.58. The maximum Gasteiger partial charge on any atom is 0.354 e. The molecular formula is C22H22N3O4+. The molecular weight excluding hydrogens is 370 g/mol. The maximum atomic E-state index is 12.3. The van der Waals surface area contributed by atoms with Crippen molar-refractivity contribution >= 4 is 40.9 Å². The van der Waals surface area contributed by atoms with Crippen molar-refractivity contribution in [2.24, 2.45) is 0 Å². The van der Waals surface area contributed by atoms with Crippen LogP contribution >= 0.6 is 0 Å². The molecule has 1 heterocycles. The van der Waals surface area contributed by atoms with Crippen LogP contribution in [0.1, 0.15) is 24.5 Å². The van der Waals surface area contributed by atoms with E-state index in [0.29, 0.717) is 5.56 Å². The lowest BCUT2D eigenvalue weighted by Crippen LogP contribution is -2.91. The number of benzene rings is 2. The second kappa shape index (κ2) is 8.62. The minimum Gasteiger partial charge on any atom is -0.477 e. The molecule has 0 radical (unpaired) electrons. The van der Waals surface area contributed by atoms with Gasteiger partial charge in [-0.05, 0) is 54.3 Å². The molecule has 0 spiro atoms. The van der Waals surface area contributed by atoms with E-state index < -0.39 is 23.5 Å². The molecule has 0 unspecified atom stereocenters. The fraction of sp³-hybridized carbons (Fsp3) is 0.182. The van der Waals surface area contributed by atoms with Crippen molar-refractivity contribution in [2.75, 3.05) is 11.4 Å². The second-order valence-electron chi connectivity index (χ2n) is 6.84. The van der Waals surface area contributed by atoms with Gasteiger partial charge in [-0.2, -0.15) is 0 Å². The first-order valence-corrected chi connectivity index (χ1v) is 9.26. The molecule has 0 aliphatic carbocycles.